The van der Waals surface area contributed by atoms with Gasteiger partial charge in [0.2, 0.25) is 0 Å². The van der Waals surface area contributed by atoms with E-state index in [1.807, 2.05) is 29.2 Å². The summed E-state index contributed by atoms with van der Waals surface area (Å²) in [6.07, 6.45) is 3.42. The molecule has 1 aliphatic heterocycles. The van der Waals surface area contributed by atoms with Crippen LogP contribution in [0.5, 0.6) is 0 Å². The van der Waals surface area contributed by atoms with Gasteiger partial charge in [0.05, 0.1) is 6.04 Å². The molecule has 0 bridgehead atoms. The fourth-order valence-corrected chi connectivity index (χ4v) is 3.99. The normalized spacial score (nSPS) is 15.4. The van der Waals surface area contributed by atoms with Crippen molar-refractivity contribution in [1.82, 2.24) is 10.2 Å². The second-order valence-corrected chi connectivity index (χ2v) is 9.53. The van der Waals surface area contributed by atoms with E-state index < -0.39 is 0 Å². The molecule has 2 aromatic carbocycles. The number of hydrogen-bond acceptors (Lipinski definition) is 2. The largest absolute Gasteiger partial charge is 0.356 e. The molecule has 1 unspecified atom stereocenters. The highest BCUT2D eigenvalue weighted by Gasteiger charge is 2.18. The van der Waals surface area contributed by atoms with E-state index in [1.54, 1.807) is 0 Å². The summed E-state index contributed by atoms with van der Waals surface area (Å²) in [6, 6.07) is 16.3. The van der Waals surface area contributed by atoms with E-state index in [9.17, 15) is 4.79 Å². The van der Waals surface area contributed by atoms with Gasteiger partial charge in [-0.2, -0.15) is 0 Å². The number of carbonyl (C=O) groups excluding carboxylic acids is 1. The van der Waals surface area contributed by atoms with Gasteiger partial charge in [-0.3, -0.25) is 4.79 Å². The van der Waals surface area contributed by atoms with Crippen LogP contribution in [0.25, 0.3) is 0 Å². The number of piperidine rings is 1. The lowest BCUT2D eigenvalue weighted by atomic mass is 9.86. The summed E-state index contributed by atoms with van der Waals surface area (Å²) in [6.45, 7) is 10.5. The molecule has 4 nitrogen and oxygen atoms in total. The van der Waals surface area contributed by atoms with Crippen molar-refractivity contribution < 1.29 is 4.79 Å². The zero-order valence-corrected chi connectivity index (χ0v) is 19.3. The van der Waals surface area contributed by atoms with Crippen molar-refractivity contribution in [1.29, 1.82) is 0 Å². The number of nitrogens with zero attached hydrogens (tertiary/aromatic N) is 1. The zero-order chi connectivity index (χ0) is 21.7. The summed E-state index contributed by atoms with van der Waals surface area (Å²) in [5.41, 5.74) is 4.26. The van der Waals surface area contributed by atoms with Gasteiger partial charge in [-0.1, -0.05) is 45.0 Å². The van der Waals surface area contributed by atoms with Crippen molar-refractivity contribution >= 4 is 28.9 Å². The van der Waals surface area contributed by atoms with Crippen LogP contribution in [-0.2, 0) is 5.41 Å². The van der Waals surface area contributed by atoms with Crippen molar-refractivity contribution in [3.8, 4) is 0 Å². The summed E-state index contributed by atoms with van der Waals surface area (Å²) < 4.78 is 0. The Morgan fingerprint density at radius 2 is 1.57 bits per heavy atom. The Hall–Kier alpha value is -2.40. The molecule has 1 heterocycles. The minimum atomic E-state index is 0.0963. The second kappa shape index (κ2) is 9.61. The van der Waals surface area contributed by atoms with Crippen LogP contribution in [0.1, 0.15) is 74.5 Å². The zero-order valence-electron chi connectivity index (χ0n) is 18.5. The smallest absolute Gasteiger partial charge is 0.253 e. The number of amides is 1. The number of hydrogen-bond donors (Lipinski definition) is 2. The molecule has 1 saturated heterocycles. The molecule has 3 rings (SSSR count). The first kappa shape index (κ1) is 22.3. The van der Waals surface area contributed by atoms with Crippen LogP contribution in [0.2, 0.25) is 0 Å². The third kappa shape index (κ3) is 5.82. The Kier molecular flexibility index (Phi) is 7.14. The van der Waals surface area contributed by atoms with Crippen LogP contribution in [0.15, 0.2) is 48.5 Å². The molecule has 1 aliphatic rings. The number of benzene rings is 2. The third-order valence-corrected chi connectivity index (χ3v) is 5.88. The fraction of sp³-hybridized carbons (Fsp3) is 0.440. The molecule has 5 heteroatoms. The van der Waals surface area contributed by atoms with Crippen LogP contribution < -0.4 is 10.6 Å². The lowest BCUT2D eigenvalue weighted by molar-refractivity contribution is 0.0724. The molecule has 2 N–H and O–H groups in total. The summed E-state index contributed by atoms with van der Waals surface area (Å²) in [7, 11) is 0. The Balaban J connectivity index is 1.54. The van der Waals surface area contributed by atoms with Crippen molar-refractivity contribution in [2.24, 2.45) is 0 Å². The van der Waals surface area contributed by atoms with Gasteiger partial charge in [0, 0.05) is 24.3 Å². The van der Waals surface area contributed by atoms with Gasteiger partial charge in [0.15, 0.2) is 5.11 Å². The van der Waals surface area contributed by atoms with E-state index in [2.05, 4.69) is 62.6 Å². The Bertz CT molecular complexity index is 863. The Morgan fingerprint density at radius 3 is 2.13 bits per heavy atom. The van der Waals surface area contributed by atoms with E-state index in [0.717, 1.165) is 37.2 Å². The molecule has 1 fully saturated rings. The summed E-state index contributed by atoms with van der Waals surface area (Å²) in [5, 5.41) is 7.12. The summed E-state index contributed by atoms with van der Waals surface area (Å²) in [5.74, 6) is 0.120. The Labute approximate surface area is 186 Å². The van der Waals surface area contributed by atoms with Gasteiger partial charge >= 0.3 is 0 Å². The molecular weight excluding hydrogens is 390 g/mol. The lowest BCUT2D eigenvalue weighted by Gasteiger charge is -2.26. The van der Waals surface area contributed by atoms with E-state index in [4.69, 9.17) is 12.2 Å². The van der Waals surface area contributed by atoms with Gasteiger partial charge in [-0.25, -0.2) is 0 Å². The van der Waals surface area contributed by atoms with E-state index in [1.165, 1.54) is 17.5 Å². The van der Waals surface area contributed by atoms with Crippen molar-refractivity contribution in [2.75, 3.05) is 18.4 Å². The summed E-state index contributed by atoms with van der Waals surface area (Å²) in [4.78, 5) is 14.5. The highest BCUT2D eigenvalue weighted by molar-refractivity contribution is 7.80. The van der Waals surface area contributed by atoms with Crippen molar-refractivity contribution in [3.05, 3.63) is 65.2 Å². The maximum atomic E-state index is 12.6. The van der Waals surface area contributed by atoms with E-state index >= 15 is 0 Å². The molecule has 160 valence electrons. The highest BCUT2D eigenvalue weighted by Crippen LogP contribution is 2.24. The minimum absolute atomic E-state index is 0.0963. The van der Waals surface area contributed by atoms with Crippen molar-refractivity contribution in [2.45, 2.75) is 58.4 Å². The SMILES string of the molecule is CC(NC(=S)Nc1ccc(C(=O)N2CCCCC2)cc1)c1ccc(C(C)(C)C)cc1. The molecule has 1 amide bonds. The first-order chi connectivity index (χ1) is 14.2. The average Bonchev–Trinajstić information content (AvgIpc) is 2.74. The predicted octanol–water partition coefficient (Wildman–Crippen LogP) is 5.66. The molecular formula is C25H33N3OS. The molecule has 2 aromatic rings. The number of carbonyl (C=O) groups is 1. The number of thiocarbonyl (C=S) groups is 1. The van der Waals surface area contributed by atoms with Gasteiger partial charge < -0.3 is 15.5 Å². The van der Waals surface area contributed by atoms with Gasteiger partial charge in [-0.05, 0) is 79.2 Å². The van der Waals surface area contributed by atoms with Crippen LogP contribution in [0.4, 0.5) is 5.69 Å². The molecule has 0 saturated carbocycles. The first-order valence-corrected chi connectivity index (χ1v) is 11.2. The second-order valence-electron chi connectivity index (χ2n) is 9.12. The third-order valence-electron chi connectivity index (χ3n) is 5.66. The highest BCUT2D eigenvalue weighted by atomic mass is 32.1. The van der Waals surface area contributed by atoms with E-state index in [0.29, 0.717) is 5.11 Å². The monoisotopic (exact) mass is 423 g/mol. The number of rotatable bonds is 4. The van der Waals surface area contributed by atoms with Crippen molar-refractivity contribution in [3.63, 3.8) is 0 Å². The molecule has 0 spiro atoms. The summed E-state index contributed by atoms with van der Waals surface area (Å²) >= 11 is 5.49. The number of anilines is 1. The molecule has 0 aromatic heterocycles. The average molecular weight is 424 g/mol. The quantitative estimate of drug-likeness (QED) is 0.623. The van der Waals surface area contributed by atoms with Crippen LogP contribution in [0.3, 0.4) is 0 Å². The Morgan fingerprint density at radius 1 is 0.967 bits per heavy atom. The number of nitrogens with one attached hydrogen (secondary N) is 2. The van der Waals surface area contributed by atoms with E-state index in [-0.39, 0.29) is 17.4 Å². The predicted molar refractivity (Wildman–Crippen MR) is 129 cm³/mol. The number of likely N-dealkylation sites (tertiary alicyclic amines) is 1. The molecule has 1 atom stereocenters. The maximum absolute atomic E-state index is 12.6. The first-order valence-electron chi connectivity index (χ1n) is 10.8. The van der Waals surface area contributed by atoms with Gasteiger partial charge in [0.25, 0.3) is 5.91 Å². The van der Waals surface area contributed by atoms with Gasteiger partial charge in [0.1, 0.15) is 0 Å². The minimum Gasteiger partial charge on any atom is -0.356 e. The standard InChI is InChI=1S/C25H33N3OS/c1-18(19-8-12-21(13-9-19)25(2,3)4)26-24(30)27-22-14-10-20(11-15-22)23(29)28-16-6-5-7-17-28/h8-15,18H,5-7,16-17H2,1-4H3,(H2,26,27,30). The lowest BCUT2D eigenvalue weighted by Crippen LogP contribution is -2.35. The van der Waals surface area contributed by atoms with Gasteiger partial charge in [-0.15, -0.1) is 0 Å². The van der Waals surface area contributed by atoms with Crippen LogP contribution in [0, 0.1) is 0 Å². The maximum Gasteiger partial charge on any atom is 0.253 e. The van der Waals surface area contributed by atoms with Crippen LogP contribution >= 0.6 is 12.2 Å². The fourth-order valence-electron chi connectivity index (χ4n) is 3.69. The molecule has 0 radical (unpaired) electrons. The molecule has 30 heavy (non-hydrogen) atoms. The van der Waals surface area contributed by atoms with Crippen LogP contribution in [-0.4, -0.2) is 29.0 Å². The topological polar surface area (TPSA) is 44.4 Å². The molecule has 0 aliphatic carbocycles.